The van der Waals surface area contributed by atoms with E-state index in [1.165, 1.54) is 7.11 Å². The number of methoxy groups -OCH3 is 2. The molecule has 0 bridgehead atoms. The third-order valence-electron chi connectivity index (χ3n) is 9.13. The highest BCUT2D eigenvalue weighted by molar-refractivity contribution is 6.17. The highest BCUT2D eigenvalue weighted by Gasteiger charge is 2.70. The number of amides is 1. The molecule has 1 saturated heterocycles. The molecule has 1 spiro atoms. The minimum absolute atomic E-state index is 0.228. The number of fused-ring (bicyclic) bond motifs is 6. The second kappa shape index (κ2) is 9.98. The Balaban J connectivity index is 1.54. The largest absolute Gasteiger partial charge is 0.497 e. The molecule has 0 saturated carbocycles. The van der Waals surface area contributed by atoms with Gasteiger partial charge in [-0.3, -0.25) is 14.4 Å². The molecular formula is C36H30N2O5. The first-order valence-corrected chi connectivity index (χ1v) is 14.2. The van der Waals surface area contributed by atoms with E-state index in [4.69, 9.17) is 9.47 Å². The van der Waals surface area contributed by atoms with E-state index in [-0.39, 0.29) is 23.0 Å². The van der Waals surface area contributed by atoms with Crippen LogP contribution in [0.25, 0.3) is 6.08 Å². The summed E-state index contributed by atoms with van der Waals surface area (Å²) < 4.78 is 11.1. The third-order valence-corrected chi connectivity index (χ3v) is 9.13. The number of hydrogen-bond acceptors (Lipinski definition) is 6. The van der Waals surface area contributed by atoms with Crippen molar-refractivity contribution in [3.8, 4) is 11.5 Å². The maximum absolute atomic E-state index is 15.1. The number of rotatable bonds is 6. The number of aryl methyl sites for hydroxylation is 1. The van der Waals surface area contributed by atoms with Crippen LogP contribution >= 0.6 is 0 Å². The van der Waals surface area contributed by atoms with E-state index in [2.05, 4.69) is 5.32 Å². The first-order valence-electron chi connectivity index (χ1n) is 14.2. The van der Waals surface area contributed by atoms with Crippen molar-refractivity contribution in [2.24, 2.45) is 5.92 Å². The Morgan fingerprint density at radius 2 is 1.60 bits per heavy atom. The van der Waals surface area contributed by atoms with Gasteiger partial charge in [-0.1, -0.05) is 72.3 Å². The van der Waals surface area contributed by atoms with Crippen LogP contribution in [0, 0.1) is 12.8 Å². The lowest BCUT2D eigenvalue weighted by atomic mass is 9.62. The van der Waals surface area contributed by atoms with Gasteiger partial charge in [-0.25, -0.2) is 0 Å². The van der Waals surface area contributed by atoms with Crippen LogP contribution in [0.2, 0.25) is 0 Å². The number of nitrogens with one attached hydrogen (secondary N) is 1. The van der Waals surface area contributed by atoms with Gasteiger partial charge < -0.3 is 19.7 Å². The molecular weight excluding hydrogens is 540 g/mol. The van der Waals surface area contributed by atoms with Crippen molar-refractivity contribution in [1.82, 2.24) is 4.90 Å². The van der Waals surface area contributed by atoms with Crippen LogP contribution in [0.15, 0.2) is 97.2 Å². The van der Waals surface area contributed by atoms with E-state index >= 15 is 4.79 Å². The van der Waals surface area contributed by atoms with E-state index in [0.29, 0.717) is 28.3 Å². The summed E-state index contributed by atoms with van der Waals surface area (Å²) in [6.45, 7) is 1.96. The summed E-state index contributed by atoms with van der Waals surface area (Å²) in [5.41, 5.74) is 3.53. The average Bonchev–Trinajstić information content (AvgIpc) is 3.52. The van der Waals surface area contributed by atoms with Gasteiger partial charge in [-0.05, 0) is 47.9 Å². The Morgan fingerprint density at radius 1 is 0.860 bits per heavy atom. The lowest BCUT2D eigenvalue weighted by molar-refractivity contribution is -0.122. The number of benzene rings is 4. The smallest absolute Gasteiger partial charge is 0.238 e. The predicted octanol–water partition coefficient (Wildman–Crippen LogP) is 5.99. The maximum atomic E-state index is 15.1. The Hall–Kier alpha value is -5.17. The molecule has 7 nitrogen and oxygen atoms in total. The molecule has 4 aromatic carbocycles. The van der Waals surface area contributed by atoms with Crippen LogP contribution in [-0.4, -0.2) is 42.6 Å². The molecule has 0 aromatic heterocycles. The molecule has 0 unspecified atom stereocenters. The molecule has 0 radical (unpaired) electrons. The summed E-state index contributed by atoms with van der Waals surface area (Å²) in [5, 5.41) is 3.08. The molecule has 1 amide bonds. The van der Waals surface area contributed by atoms with Crippen molar-refractivity contribution in [1.29, 1.82) is 0 Å². The number of nitrogens with zero attached hydrogens (tertiary/aromatic N) is 1. The van der Waals surface area contributed by atoms with Gasteiger partial charge in [-0.15, -0.1) is 0 Å². The lowest BCUT2D eigenvalue weighted by Gasteiger charge is -2.38. The van der Waals surface area contributed by atoms with Crippen molar-refractivity contribution in [2.45, 2.75) is 24.4 Å². The zero-order chi connectivity index (χ0) is 29.9. The summed E-state index contributed by atoms with van der Waals surface area (Å²) >= 11 is 0. The minimum Gasteiger partial charge on any atom is -0.497 e. The number of carbonyl (C=O) groups is 3. The van der Waals surface area contributed by atoms with Crippen LogP contribution in [-0.2, 0) is 10.2 Å². The molecule has 7 rings (SSSR count). The molecule has 7 heteroatoms. The first kappa shape index (κ1) is 26.7. The normalized spacial score (nSPS) is 22.9. The Kier molecular flexibility index (Phi) is 6.20. The van der Waals surface area contributed by atoms with E-state index in [1.807, 2.05) is 84.8 Å². The number of carbonyl (C=O) groups excluding carboxylic acids is 3. The third kappa shape index (κ3) is 3.77. The topological polar surface area (TPSA) is 84.9 Å². The van der Waals surface area contributed by atoms with E-state index in [1.54, 1.807) is 37.4 Å². The molecule has 3 aliphatic rings. The van der Waals surface area contributed by atoms with Gasteiger partial charge in [0.25, 0.3) is 0 Å². The Labute approximate surface area is 249 Å². The minimum atomic E-state index is -1.41. The van der Waals surface area contributed by atoms with Crippen molar-refractivity contribution < 1.29 is 23.9 Å². The van der Waals surface area contributed by atoms with Crippen LogP contribution in [0.4, 0.5) is 5.69 Å². The summed E-state index contributed by atoms with van der Waals surface area (Å²) in [7, 11) is 3.03. The number of ketones is 2. The Morgan fingerprint density at radius 3 is 2.37 bits per heavy atom. The van der Waals surface area contributed by atoms with Crippen LogP contribution < -0.4 is 14.8 Å². The van der Waals surface area contributed by atoms with Gasteiger partial charge in [0.2, 0.25) is 5.91 Å². The fourth-order valence-electron chi connectivity index (χ4n) is 7.23. The molecule has 3 heterocycles. The second-order valence-corrected chi connectivity index (χ2v) is 11.2. The maximum Gasteiger partial charge on any atom is 0.238 e. The molecule has 1 fully saturated rings. The highest BCUT2D eigenvalue weighted by Crippen LogP contribution is 2.62. The molecule has 43 heavy (non-hydrogen) atoms. The quantitative estimate of drug-likeness (QED) is 0.287. The fraction of sp³-hybridized carbons (Fsp3) is 0.194. The average molecular weight is 571 g/mol. The van der Waals surface area contributed by atoms with E-state index in [9.17, 15) is 9.59 Å². The zero-order valence-electron chi connectivity index (χ0n) is 24.0. The van der Waals surface area contributed by atoms with Crippen molar-refractivity contribution >= 4 is 29.2 Å². The number of hydrogen-bond donors (Lipinski definition) is 1. The molecule has 4 aromatic rings. The first-order chi connectivity index (χ1) is 20.9. The van der Waals surface area contributed by atoms with E-state index in [0.717, 1.165) is 16.7 Å². The highest BCUT2D eigenvalue weighted by atomic mass is 16.5. The lowest BCUT2D eigenvalue weighted by Crippen LogP contribution is -2.49. The van der Waals surface area contributed by atoms with Gasteiger partial charge in [0.05, 0.1) is 31.7 Å². The number of anilines is 1. The molecule has 214 valence electrons. The summed E-state index contributed by atoms with van der Waals surface area (Å²) in [5.74, 6) is -1.13. The zero-order valence-corrected chi connectivity index (χ0v) is 24.0. The van der Waals surface area contributed by atoms with Crippen molar-refractivity contribution in [3.63, 3.8) is 0 Å². The Bertz CT molecular complexity index is 1830. The van der Waals surface area contributed by atoms with Crippen molar-refractivity contribution in [3.05, 3.63) is 131 Å². The number of Topliss-reactive ketones (excluding diaryl/α,β-unsaturated/α-hetero) is 2. The SMILES string of the molecule is COc1ccc(C(=O)[C@@H]2[C@H](C(=O)c3ccc(C)cc3)N3C=Cc4ccccc4[C@H]3[C@]23C(=O)Nc2ccccc23)c(OC)c1. The monoisotopic (exact) mass is 570 g/mol. The molecule has 3 aliphatic heterocycles. The van der Waals surface area contributed by atoms with Gasteiger partial charge in [0.1, 0.15) is 23.0 Å². The van der Waals surface area contributed by atoms with Crippen LogP contribution in [0.3, 0.4) is 0 Å². The van der Waals surface area contributed by atoms with Gasteiger partial charge >= 0.3 is 0 Å². The standard InChI is InChI=1S/C36H30N2O5/c1-21-12-14-23(15-13-21)32(39)31-30(33(40)26-17-16-24(42-2)20-29(26)43-3)36(27-10-6-7-11-28(27)37-35(36)41)34-25-9-5-4-8-22(25)18-19-38(31)34/h4-20,30-31,34H,1-3H3,(H,37,41)/t30-,31+,34-,36+/m0/s1. The van der Waals surface area contributed by atoms with Gasteiger partial charge in [0.15, 0.2) is 11.6 Å². The molecule has 4 atom stereocenters. The van der Waals surface area contributed by atoms with Crippen LogP contribution in [0.5, 0.6) is 11.5 Å². The predicted molar refractivity (Wildman–Crippen MR) is 163 cm³/mol. The molecule has 1 N–H and O–H groups in total. The summed E-state index contributed by atoms with van der Waals surface area (Å²) in [4.78, 5) is 46.3. The van der Waals surface area contributed by atoms with E-state index < -0.39 is 23.4 Å². The number of para-hydroxylation sites is 1. The second-order valence-electron chi connectivity index (χ2n) is 11.2. The van der Waals surface area contributed by atoms with Gasteiger partial charge in [0, 0.05) is 23.5 Å². The fourth-order valence-corrected chi connectivity index (χ4v) is 7.23. The summed E-state index contributed by atoms with van der Waals surface area (Å²) in [6.07, 6.45) is 3.83. The molecule has 0 aliphatic carbocycles. The summed E-state index contributed by atoms with van der Waals surface area (Å²) in [6, 6.07) is 26.1. The van der Waals surface area contributed by atoms with Gasteiger partial charge in [-0.2, -0.15) is 0 Å². The van der Waals surface area contributed by atoms with Crippen LogP contribution in [0.1, 0.15) is 49.0 Å². The number of ether oxygens (including phenoxy) is 2. The van der Waals surface area contributed by atoms with Crippen molar-refractivity contribution in [2.75, 3.05) is 19.5 Å².